The Kier molecular flexibility index (Phi) is 3.40. The fourth-order valence-electron chi connectivity index (χ4n) is 2.36. The van der Waals surface area contributed by atoms with Gasteiger partial charge in [0.05, 0.1) is 10.9 Å². The van der Waals surface area contributed by atoms with Crippen LogP contribution in [0, 0.1) is 16.3 Å². The van der Waals surface area contributed by atoms with E-state index in [0.717, 1.165) is 20.3 Å². The average Bonchev–Trinajstić information content (AvgIpc) is 2.42. The van der Waals surface area contributed by atoms with E-state index in [1.807, 2.05) is 6.92 Å². The standard InChI is InChI=1S/C15H10FIN2O2/c1-7-6-10-13(18-15(21)19-14(10)20)12(17)11(7)8-2-4-9(16)5-3-8/h2-6H,1H3,(H2,18,19,20,21). The number of halogens is 2. The van der Waals surface area contributed by atoms with Crippen molar-refractivity contribution in [1.29, 1.82) is 0 Å². The molecule has 0 bridgehead atoms. The van der Waals surface area contributed by atoms with Crippen molar-refractivity contribution in [2.45, 2.75) is 6.92 Å². The van der Waals surface area contributed by atoms with Gasteiger partial charge in [-0.15, -0.1) is 0 Å². The van der Waals surface area contributed by atoms with Gasteiger partial charge in [-0.2, -0.15) is 0 Å². The number of rotatable bonds is 1. The summed E-state index contributed by atoms with van der Waals surface area (Å²) in [6.07, 6.45) is 0. The van der Waals surface area contributed by atoms with Crippen molar-refractivity contribution >= 4 is 33.5 Å². The van der Waals surface area contributed by atoms with Crippen molar-refractivity contribution in [3.63, 3.8) is 0 Å². The Bertz CT molecular complexity index is 958. The summed E-state index contributed by atoms with van der Waals surface area (Å²) in [6.45, 7) is 1.88. The number of aromatic amines is 2. The van der Waals surface area contributed by atoms with Gasteiger partial charge in [0.25, 0.3) is 5.56 Å². The van der Waals surface area contributed by atoms with Gasteiger partial charge in [0.15, 0.2) is 0 Å². The molecule has 2 N–H and O–H groups in total. The van der Waals surface area contributed by atoms with E-state index in [1.54, 1.807) is 18.2 Å². The van der Waals surface area contributed by atoms with Crippen LogP contribution in [0.5, 0.6) is 0 Å². The van der Waals surface area contributed by atoms with Crippen LogP contribution in [-0.2, 0) is 0 Å². The summed E-state index contributed by atoms with van der Waals surface area (Å²) in [5.41, 5.74) is 2.13. The largest absolute Gasteiger partial charge is 0.326 e. The van der Waals surface area contributed by atoms with Crippen molar-refractivity contribution in [1.82, 2.24) is 9.97 Å². The normalized spacial score (nSPS) is 11.0. The van der Waals surface area contributed by atoms with Crippen LogP contribution in [0.4, 0.5) is 4.39 Å². The van der Waals surface area contributed by atoms with Crippen molar-refractivity contribution in [3.05, 3.63) is 66.1 Å². The molecule has 106 valence electrons. The van der Waals surface area contributed by atoms with Gasteiger partial charge in [-0.25, -0.2) is 9.18 Å². The molecular formula is C15H10FIN2O2. The Morgan fingerprint density at radius 1 is 1.10 bits per heavy atom. The second kappa shape index (κ2) is 5.10. The van der Waals surface area contributed by atoms with E-state index in [1.165, 1.54) is 12.1 Å². The third kappa shape index (κ3) is 2.39. The molecule has 0 saturated heterocycles. The number of nitrogens with one attached hydrogen (secondary N) is 2. The minimum absolute atomic E-state index is 0.308. The molecule has 0 atom stereocenters. The Morgan fingerprint density at radius 3 is 2.43 bits per heavy atom. The Balaban J connectivity index is 2.41. The van der Waals surface area contributed by atoms with Crippen LogP contribution in [0.15, 0.2) is 39.9 Å². The maximum atomic E-state index is 13.1. The SMILES string of the molecule is Cc1cc2c(=O)[nH]c(=O)[nH]c2c(I)c1-c1ccc(F)cc1. The number of benzene rings is 2. The van der Waals surface area contributed by atoms with E-state index in [4.69, 9.17) is 0 Å². The van der Waals surface area contributed by atoms with Gasteiger partial charge in [0.2, 0.25) is 0 Å². The minimum atomic E-state index is -0.542. The Labute approximate surface area is 132 Å². The Hall–Kier alpha value is -1.96. The van der Waals surface area contributed by atoms with Gasteiger partial charge in [0, 0.05) is 9.13 Å². The molecule has 4 nitrogen and oxygen atoms in total. The molecule has 0 saturated carbocycles. The van der Waals surface area contributed by atoms with E-state index in [0.29, 0.717) is 10.9 Å². The Morgan fingerprint density at radius 2 is 1.76 bits per heavy atom. The topological polar surface area (TPSA) is 65.7 Å². The molecule has 0 aliphatic heterocycles. The van der Waals surface area contributed by atoms with Gasteiger partial charge >= 0.3 is 5.69 Å². The first kappa shape index (κ1) is 14.0. The monoisotopic (exact) mass is 396 g/mol. The van der Waals surface area contributed by atoms with E-state index in [-0.39, 0.29) is 5.82 Å². The van der Waals surface area contributed by atoms with E-state index in [2.05, 4.69) is 32.6 Å². The van der Waals surface area contributed by atoms with Crippen LogP contribution in [0.2, 0.25) is 0 Å². The second-order valence-electron chi connectivity index (χ2n) is 4.72. The molecule has 1 heterocycles. The highest BCUT2D eigenvalue weighted by molar-refractivity contribution is 14.1. The van der Waals surface area contributed by atoms with E-state index < -0.39 is 11.2 Å². The molecule has 0 spiro atoms. The zero-order valence-corrected chi connectivity index (χ0v) is 13.1. The summed E-state index contributed by atoms with van der Waals surface area (Å²) >= 11 is 2.09. The molecule has 2 aromatic carbocycles. The number of hydrogen-bond donors (Lipinski definition) is 2. The second-order valence-corrected chi connectivity index (χ2v) is 5.80. The lowest BCUT2D eigenvalue weighted by atomic mass is 9.98. The highest BCUT2D eigenvalue weighted by atomic mass is 127. The molecule has 0 aliphatic rings. The summed E-state index contributed by atoms with van der Waals surface area (Å²) in [5.74, 6) is -0.308. The van der Waals surface area contributed by atoms with Crippen LogP contribution in [0.1, 0.15) is 5.56 Å². The molecule has 0 unspecified atom stereocenters. The van der Waals surface area contributed by atoms with Gasteiger partial charge in [-0.1, -0.05) is 12.1 Å². The number of fused-ring (bicyclic) bond motifs is 1. The van der Waals surface area contributed by atoms with Crippen molar-refractivity contribution in [2.24, 2.45) is 0 Å². The molecule has 0 radical (unpaired) electrons. The highest BCUT2D eigenvalue weighted by Crippen LogP contribution is 2.32. The fourth-order valence-corrected chi connectivity index (χ4v) is 3.53. The first-order valence-corrected chi connectivity index (χ1v) is 7.26. The third-order valence-corrected chi connectivity index (χ3v) is 4.39. The van der Waals surface area contributed by atoms with Crippen LogP contribution >= 0.6 is 22.6 Å². The molecule has 0 fully saturated rings. The summed E-state index contributed by atoms with van der Waals surface area (Å²) in [6, 6.07) is 7.85. The number of hydrogen-bond acceptors (Lipinski definition) is 2. The lowest BCUT2D eigenvalue weighted by Crippen LogP contribution is -2.22. The first-order valence-electron chi connectivity index (χ1n) is 6.18. The van der Waals surface area contributed by atoms with Crippen LogP contribution in [0.25, 0.3) is 22.0 Å². The molecular weight excluding hydrogens is 386 g/mol. The maximum absolute atomic E-state index is 13.1. The summed E-state index contributed by atoms with van der Waals surface area (Å²) in [5, 5.41) is 0.433. The van der Waals surface area contributed by atoms with Crippen molar-refractivity contribution < 1.29 is 4.39 Å². The maximum Gasteiger partial charge on any atom is 0.326 e. The third-order valence-electron chi connectivity index (χ3n) is 3.31. The molecule has 0 aliphatic carbocycles. The quantitative estimate of drug-likeness (QED) is 0.622. The van der Waals surface area contributed by atoms with Crippen molar-refractivity contribution in [2.75, 3.05) is 0 Å². The van der Waals surface area contributed by atoms with Gasteiger partial charge < -0.3 is 4.98 Å². The van der Waals surface area contributed by atoms with E-state index in [9.17, 15) is 14.0 Å². The van der Waals surface area contributed by atoms with Crippen LogP contribution in [-0.4, -0.2) is 9.97 Å². The molecule has 3 aromatic rings. The van der Waals surface area contributed by atoms with E-state index >= 15 is 0 Å². The predicted octanol–water partition coefficient (Wildman–Crippen LogP) is 2.94. The summed E-state index contributed by atoms with van der Waals surface area (Å²) in [4.78, 5) is 28.2. The smallest absolute Gasteiger partial charge is 0.306 e. The number of aromatic nitrogens is 2. The zero-order valence-electron chi connectivity index (χ0n) is 11.0. The number of H-pyrrole nitrogens is 2. The van der Waals surface area contributed by atoms with Gasteiger partial charge in [-0.05, 0) is 58.8 Å². The molecule has 6 heteroatoms. The lowest BCUT2D eigenvalue weighted by Gasteiger charge is -2.11. The minimum Gasteiger partial charge on any atom is -0.306 e. The van der Waals surface area contributed by atoms with Gasteiger partial charge in [0.1, 0.15) is 5.82 Å². The van der Waals surface area contributed by atoms with Crippen LogP contribution in [0.3, 0.4) is 0 Å². The molecule has 21 heavy (non-hydrogen) atoms. The van der Waals surface area contributed by atoms with Gasteiger partial charge in [-0.3, -0.25) is 9.78 Å². The fraction of sp³-hybridized carbons (Fsp3) is 0.0667. The summed E-state index contributed by atoms with van der Waals surface area (Å²) in [7, 11) is 0. The van der Waals surface area contributed by atoms with Crippen LogP contribution < -0.4 is 11.2 Å². The average molecular weight is 396 g/mol. The van der Waals surface area contributed by atoms with Crippen molar-refractivity contribution in [3.8, 4) is 11.1 Å². The molecule has 3 rings (SSSR count). The number of aryl methyl sites for hydroxylation is 1. The summed E-state index contributed by atoms with van der Waals surface area (Å²) < 4.78 is 13.8. The molecule has 0 amide bonds. The highest BCUT2D eigenvalue weighted by Gasteiger charge is 2.14. The zero-order chi connectivity index (χ0) is 15.1. The first-order chi connectivity index (χ1) is 9.97. The lowest BCUT2D eigenvalue weighted by molar-refractivity contribution is 0.628. The predicted molar refractivity (Wildman–Crippen MR) is 88.0 cm³/mol. The molecule has 1 aromatic heterocycles.